The van der Waals surface area contributed by atoms with E-state index in [1.54, 1.807) is 12.3 Å². The SMILES string of the molecule is CCCCCCCCn1cc(Nc2ncc(C(N)=O)c(Nc3c(F)cccc3OC)n2)cn1. The minimum absolute atomic E-state index is 0.0182. The quantitative estimate of drug-likeness (QED) is 0.318. The molecular weight excluding hydrogens is 425 g/mol. The van der Waals surface area contributed by atoms with Crippen LogP contribution in [0.4, 0.5) is 27.5 Å². The van der Waals surface area contributed by atoms with E-state index < -0.39 is 11.7 Å². The molecule has 1 aromatic carbocycles. The highest BCUT2D eigenvalue weighted by atomic mass is 19.1. The third kappa shape index (κ3) is 6.64. The van der Waals surface area contributed by atoms with Crippen LogP contribution >= 0.6 is 0 Å². The van der Waals surface area contributed by atoms with Crippen molar-refractivity contribution in [1.82, 2.24) is 19.7 Å². The van der Waals surface area contributed by atoms with Crippen LogP contribution < -0.4 is 21.1 Å². The van der Waals surface area contributed by atoms with Gasteiger partial charge in [-0.2, -0.15) is 10.1 Å². The van der Waals surface area contributed by atoms with E-state index in [0.29, 0.717) is 5.69 Å². The monoisotopic (exact) mass is 455 g/mol. The van der Waals surface area contributed by atoms with Crippen molar-refractivity contribution >= 4 is 29.0 Å². The van der Waals surface area contributed by atoms with Gasteiger partial charge in [0.1, 0.15) is 22.8 Å². The molecule has 0 saturated heterocycles. The number of para-hydroxylation sites is 1. The minimum Gasteiger partial charge on any atom is -0.494 e. The number of nitrogens with two attached hydrogens (primary N) is 1. The number of nitrogens with one attached hydrogen (secondary N) is 2. The zero-order chi connectivity index (χ0) is 23.6. The van der Waals surface area contributed by atoms with Gasteiger partial charge in [-0.25, -0.2) is 9.37 Å². The molecule has 0 saturated carbocycles. The lowest BCUT2D eigenvalue weighted by Crippen LogP contribution is -2.16. The molecular formula is C23H30FN7O2. The molecule has 0 fully saturated rings. The van der Waals surface area contributed by atoms with Crippen LogP contribution in [0.15, 0.2) is 36.8 Å². The Morgan fingerprint density at radius 1 is 1.15 bits per heavy atom. The third-order valence-corrected chi connectivity index (χ3v) is 5.12. The van der Waals surface area contributed by atoms with Crippen LogP contribution in [0, 0.1) is 5.82 Å². The average molecular weight is 456 g/mol. The molecule has 0 aliphatic heterocycles. The van der Waals surface area contributed by atoms with Gasteiger partial charge >= 0.3 is 0 Å². The summed E-state index contributed by atoms with van der Waals surface area (Å²) in [7, 11) is 1.42. The van der Waals surface area contributed by atoms with E-state index in [0.717, 1.165) is 13.0 Å². The summed E-state index contributed by atoms with van der Waals surface area (Å²) in [6.07, 6.45) is 12.1. The Kier molecular flexibility index (Phi) is 8.56. The number of benzene rings is 1. The van der Waals surface area contributed by atoms with E-state index in [2.05, 4.69) is 32.6 Å². The van der Waals surface area contributed by atoms with Gasteiger partial charge in [-0.1, -0.05) is 45.1 Å². The summed E-state index contributed by atoms with van der Waals surface area (Å²) in [5.41, 5.74) is 6.21. The van der Waals surface area contributed by atoms with Gasteiger partial charge in [0.15, 0.2) is 5.82 Å². The van der Waals surface area contributed by atoms with Crippen molar-refractivity contribution in [2.75, 3.05) is 17.7 Å². The Morgan fingerprint density at radius 3 is 2.70 bits per heavy atom. The molecule has 3 rings (SSSR count). The molecule has 33 heavy (non-hydrogen) atoms. The molecule has 0 aliphatic rings. The number of methoxy groups -OCH3 is 1. The van der Waals surface area contributed by atoms with Crippen LogP contribution in [0.5, 0.6) is 5.75 Å². The fourth-order valence-electron chi connectivity index (χ4n) is 3.37. The number of unbranched alkanes of at least 4 members (excludes halogenated alkanes) is 5. The van der Waals surface area contributed by atoms with Gasteiger partial charge in [-0.3, -0.25) is 9.48 Å². The van der Waals surface area contributed by atoms with Crippen molar-refractivity contribution < 1.29 is 13.9 Å². The zero-order valence-corrected chi connectivity index (χ0v) is 19.0. The van der Waals surface area contributed by atoms with Crippen LogP contribution in [0.3, 0.4) is 0 Å². The molecule has 0 unspecified atom stereocenters. The highest BCUT2D eigenvalue weighted by Gasteiger charge is 2.17. The number of primary amides is 1. The van der Waals surface area contributed by atoms with E-state index in [9.17, 15) is 9.18 Å². The lowest BCUT2D eigenvalue weighted by Gasteiger charge is -2.14. The standard InChI is InChI=1S/C23H30FN7O2/c1-3-4-5-6-7-8-12-31-15-16(13-27-31)28-23-26-14-17(21(25)32)22(30-23)29-20-18(24)10-9-11-19(20)33-2/h9-11,13-15H,3-8,12H2,1-2H3,(H2,25,32)(H2,26,28,29,30). The fourth-order valence-corrected chi connectivity index (χ4v) is 3.37. The molecule has 3 aromatic rings. The number of aryl methyl sites for hydroxylation is 1. The summed E-state index contributed by atoms with van der Waals surface area (Å²) < 4.78 is 21.4. The molecule has 4 N–H and O–H groups in total. The van der Waals surface area contributed by atoms with Crippen molar-refractivity contribution in [1.29, 1.82) is 0 Å². The number of carbonyl (C=O) groups is 1. The smallest absolute Gasteiger partial charge is 0.254 e. The normalized spacial score (nSPS) is 10.8. The number of hydrogen-bond acceptors (Lipinski definition) is 7. The van der Waals surface area contributed by atoms with Gasteiger partial charge in [-0.05, 0) is 18.6 Å². The van der Waals surface area contributed by atoms with Gasteiger partial charge in [-0.15, -0.1) is 0 Å². The van der Waals surface area contributed by atoms with Crippen molar-refractivity contribution in [3.05, 3.63) is 48.2 Å². The first-order valence-corrected chi connectivity index (χ1v) is 11.1. The lowest BCUT2D eigenvalue weighted by molar-refractivity contribution is 0.100. The molecule has 2 aromatic heterocycles. The second kappa shape index (κ2) is 11.8. The first-order valence-electron chi connectivity index (χ1n) is 11.1. The Balaban J connectivity index is 1.70. The number of aromatic nitrogens is 4. The molecule has 0 radical (unpaired) electrons. The fraction of sp³-hybridized carbons (Fsp3) is 0.391. The van der Waals surface area contributed by atoms with Crippen molar-refractivity contribution in [2.24, 2.45) is 5.73 Å². The Labute approximate surface area is 192 Å². The number of carbonyl (C=O) groups excluding carboxylic acids is 1. The number of anilines is 4. The summed E-state index contributed by atoms with van der Waals surface area (Å²) in [6, 6.07) is 4.38. The highest BCUT2D eigenvalue weighted by Crippen LogP contribution is 2.31. The van der Waals surface area contributed by atoms with E-state index in [1.807, 2.05) is 10.9 Å². The van der Waals surface area contributed by atoms with E-state index in [4.69, 9.17) is 10.5 Å². The van der Waals surface area contributed by atoms with E-state index in [1.165, 1.54) is 57.5 Å². The number of halogens is 1. The van der Waals surface area contributed by atoms with Crippen molar-refractivity contribution in [3.63, 3.8) is 0 Å². The minimum atomic E-state index is -0.744. The number of nitrogens with zero attached hydrogens (tertiary/aromatic N) is 4. The van der Waals surface area contributed by atoms with Gasteiger partial charge < -0.3 is 21.1 Å². The zero-order valence-electron chi connectivity index (χ0n) is 19.0. The number of amides is 1. The Bertz CT molecular complexity index is 1070. The number of rotatable bonds is 13. The molecule has 2 heterocycles. The summed E-state index contributed by atoms with van der Waals surface area (Å²) in [4.78, 5) is 20.3. The molecule has 1 amide bonds. The molecule has 10 heteroatoms. The molecule has 0 bridgehead atoms. The Hall–Kier alpha value is -3.69. The van der Waals surface area contributed by atoms with Crippen LogP contribution in [0.2, 0.25) is 0 Å². The maximum Gasteiger partial charge on any atom is 0.254 e. The average Bonchev–Trinajstić information content (AvgIpc) is 3.24. The topological polar surface area (TPSA) is 120 Å². The molecule has 0 atom stereocenters. The van der Waals surface area contributed by atoms with Gasteiger partial charge in [0.2, 0.25) is 5.95 Å². The summed E-state index contributed by atoms with van der Waals surface area (Å²) in [5.74, 6) is -0.783. The molecule has 176 valence electrons. The second-order valence-electron chi connectivity index (χ2n) is 7.65. The largest absolute Gasteiger partial charge is 0.494 e. The first-order chi connectivity index (χ1) is 16.0. The predicted octanol–water partition coefficient (Wildman–Crippen LogP) is 4.77. The van der Waals surface area contributed by atoms with Crippen LogP contribution in [-0.2, 0) is 6.54 Å². The van der Waals surface area contributed by atoms with Crippen LogP contribution in [0.25, 0.3) is 0 Å². The van der Waals surface area contributed by atoms with Crippen LogP contribution in [0.1, 0.15) is 55.8 Å². The highest BCUT2D eigenvalue weighted by molar-refractivity contribution is 5.98. The predicted molar refractivity (Wildman–Crippen MR) is 126 cm³/mol. The molecule has 0 spiro atoms. The van der Waals surface area contributed by atoms with Gasteiger partial charge in [0, 0.05) is 18.9 Å². The first kappa shape index (κ1) is 24.0. The second-order valence-corrected chi connectivity index (χ2v) is 7.65. The molecule has 0 aliphatic carbocycles. The molecule has 9 nitrogen and oxygen atoms in total. The van der Waals surface area contributed by atoms with Gasteiger partial charge in [0.25, 0.3) is 5.91 Å². The Morgan fingerprint density at radius 2 is 1.94 bits per heavy atom. The van der Waals surface area contributed by atoms with Crippen LogP contribution in [-0.4, -0.2) is 32.8 Å². The van der Waals surface area contributed by atoms with Gasteiger partial charge in [0.05, 0.1) is 19.0 Å². The van der Waals surface area contributed by atoms with Crippen molar-refractivity contribution in [2.45, 2.75) is 52.0 Å². The summed E-state index contributed by atoms with van der Waals surface area (Å²) >= 11 is 0. The van der Waals surface area contributed by atoms with E-state index in [-0.39, 0.29) is 28.8 Å². The lowest BCUT2D eigenvalue weighted by atomic mass is 10.1. The third-order valence-electron chi connectivity index (χ3n) is 5.12. The maximum atomic E-state index is 14.4. The summed E-state index contributed by atoms with van der Waals surface area (Å²) in [5, 5.41) is 10.2. The number of hydrogen-bond donors (Lipinski definition) is 3. The number of ether oxygens (including phenoxy) is 1. The maximum absolute atomic E-state index is 14.4. The summed E-state index contributed by atoms with van der Waals surface area (Å²) in [6.45, 7) is 3.04. The van der Waals surface area contributed by atoms with Crippen molar-refractivity contribution in [3.8, 4) is 5.75 Å². The van der Waals surface area contributed by atoms with E-state index >= 15 is 0 Å².